The van der Waals surface area contributed by atoms with Crippen molar-refractivity contribution in [3.63, 3.8) is 0 Å². The summed E-state index contributed by atoms with van der Waals surface area (Å²) in [5.41, 5.74) is 8.48. The number of rotatable bonds is 3. The van der Waals surface area contributed by atoms with Gasteiger partial charge in [-0.2, -0.15) is 0 Å². The Morgan fingerprint density at radius 1 is 1.18 bits per heavy atom. The molecule has 2 N–H and O–H groups in total. The first-order chi connectivity index (χ1) is 8.22. The third-order valence-corrected chi connectivity index (χ3v) is 2.54. The highest BCUT2D eigenvalue weighted by atomic mass is 16.5. The predicted octanol–water partition coefficient (Wildman–Crippen LogP) is 2.30. The first kappa shape index (κ1) is 11.4. The fourth-order valence-corrected chi connectivity index (χ4v) is 1.61. The Hall–Kier alpha value is -2.10. The Bertz CT molecular complexity index is 509. The van der Waals surface area contributed by atoms with Crippen molar-refractivity contribution in [2.24, 2.45) is 0 Å². The SMILES string of the molecule is CCc1cc(-c2ccc(OC)cc2)nc(N)n1. The lowest BCUT2D eigenvalue weighted by atomic mass is 10.1. The zero-order valence-corrected chi connectivity index (χ0v) is 9.97. The number of aryl methyl sites for hydroxylation is 1. The molecule has 2 rings (SSSR count). The maximum absolute atomic E-state index is 5.68. The van der Waals surface area contributed by atoms with Crippen molar-refractivity contribution in [2.45, 2.75) is 13.3 Å². The van der Waals surface area contributed by atoms with E-state index in [0.717, 1.165) is 29.1 Å². The zero-order chi connectivity index (χ0) is 12.3. The molecule has 0 spiro atoms. The number of nitrogens with zero attached hydrogens (tertiary/aromatic N) is 2. The molecule has 4 nitrogen and oxygen atoms in total. The van der Waals surface area contributed by atoms with E-state index in [2.05, 4.69) is 9.97 Å². The molecule has 0 atom stereocenters. The van der Waals surface area contributed by atoms with E-state index in [4.69, 9.17) is 10.5 Å². The van der Waals surface area contributed by atoms with Gasteiger partial charge in [-0.05, 0) is 36.8 Å². The van der Waals surface area contributed by atoms with Crippen molar-refractivity contribution in [2.75, 3.05) is 12.8 Å². The number of nitrogen functional groups attached to an aromatic ring is 1. The van der Waals surface area contributed by atoms with Crippen molar-refractivity contribution >= 4 is 5.95 Å². The van der Waals surface area contributed by atoms with E-state index in [-0.39, 0.29) is 0 Å². The molecule has 0 saturated heterocycles. The van der Waals surface area contributed by atoms with Crippen LogP contribution in [0.3, 0.4) is 0 Å². The van der Waals surface area contributed by atoms with Gasteiger partial charge in [0.1, 0.15) is 5.75 Å². The minimum atomic E-state index is 0.315. The van der Waals surface area contributed by atoms with Crippen LogP contribution in [0.5, 0.6) is 5.75 Å². The summed E-state index contributed by atoms with van der Waals surface area (Å²) in [5, 5.41) is 0. The van der Waals surface area contributed by atoms with E-state index < -0.39 is 0 Å². The molecule has 17 heavy (non-hydrogen) atoms. The Morgan fingerprint density at radius 2 is 1.88 bits per heavy atom. The first-order valence-corrected chi connectivity index (χ1v) is 5.50. The molecule has 0 unspecified atom stereocenters. The van der Waals surface area contributed by atoms with Gasteiger partial charge in [-0.3, -0.25) is 0 Å². The predicted molar refractivity (Wildman–Crippen MR) is 67.8 cm³/mol. The van der Waals surface area contributed by atoms with Crippen LogP contribution in [0, 0.1) is 0 Å². The van der Waals surface area contributed by atoms with Crippen LogP contribution in [0.4, 0.5) is 5.95 Å². The van der Waals surface area contributed by atoms with Gasteiger partial charge >= 0.3 is 0 Å². The van der Waals surface area contributed by atoms with Gasteiger partial charge in [-0.15, -0.1) is 0 Å². The van der Waals surface area contributed by atoms with Gasteiger partial charge in [0, 0.05) is 11.3 Å². The molecule has 0 fully saturated rings. The van der Waals surface area contributed by atoms with Crippen LogP contribution in [0.2, 0.25) is 0 Å². The van der Waals surface area contributed by atoms with Crippen LogP contribution < -0.4 is 10.5 Å². The second-order valence-corrected chi connectivity index (χ2v) is 3.68. The van der Waals surface area contributed by atoms with Crippen LogP contribution in [-0.4, -0.2) is 17.1 Å². The van der Waals surface area contributed by atoms with Crippen LogP contribution in [0.25, 0.3) is 11.3 Å². The van der Waals surface area contributed by atoms with Crippen LogP contribution in [0.15, 0.2) is 30.3 Å². The number of ether oxygens (including phenoxy) is 1. The topological polar surface area (TPSA) is 61.0 Å². The molecule has 1 heterocycles. The fourth-order valence-electron chi connectivity index (χ4n) is 1.61. The Morgan fingerprint density at radius 3 is 2.47 bits per heavy atom. The fraction of sp³-hybridized carbons (Fsp3) is 0.231. The molecule has 0 aliphatic rings. The van der Waals surface area contributed by atoms with Gasteiger partial charge in [0.15, 0.2) is 0 Å². The summed E-state index contributed by atoms with van der Waals surface area (Å²) >= 11 is 0. The summed E-state index contributed by atoms with van der Waals surface area (Å²) < 4.78 is 5.12. The molecule has 88 valence electrons. The molecule has 4 heteroatoms. The maximum atomic E-state index is 5.68. The molecule has 0 aliphatic carbocycles. The molecule has 1 aromatic heterocycles. The van der Waals surface area contributed by atoms with Crippen LogP contribution in [-0.2, 0) is 6.42 Å². The van der Waals surface area contributed by atoms with E-state index in [1.165, 1.54) is 0 Å². The van der Waals surface area contributed by atoms with E-state index >= 15 is 0 Å². The van der Waals surface area contributed by atoms with Gasteiger partial charge in [0.05, 0.1) is 12.8 Å². The van der Waals surface area contributed by atoms with Crippen molar-refractivity contribution < 1.29 is 4.74 Å². The monoisotopic (exact) mass is 229 g/mol. The lowest BCUT2D eigenvalue weighted by molar-refractivity contribution is 0.415. The molecule has 0 bridgehead atoms. The Kier molecular flexibility index (Phi) is 3.23. The molecule has 0 saturated carbocycles. The largest absolute Gasteiger partial charge is 0.497 e. The number of nitrogens with two attached hydrogens (primary N) is 1. The summed E-state index contributed by atoms with van der Waals surface area (Å²) in [5.74, 6) is 1.14. The minimum Gasteiger partial charge on any atom is -0.497 e. The lowest BCUT2D eigenvalue weighted by Gasteiger charge is -2.05. The van der Waals surface area contributed by atoms with Gasteiger partial charge in [0.25, 0.3) is 0 Å². The number of hydrogen-bond acceptors (Lipinski definition) is 4. The van der Waals surface area contributed by atoms with Crippen LogP contribution in [0.1, 0.15) is 12.6 Å². The molecule has 2 aromatic rings. The lowest BCUT2D eigenvalue weighted by Crippen LogP contribution is -2.00. The normalized spacial score (nSPS) is 10.2. The third-order valence-electron chi connectivity index (χ3n) is 2.54. The standard InChI is InChI=1S/C13H15N3O/c1-3-10-8-12(16-13(14)15-10)9-4-6-11(17-2)7-5-9/h4-8H,3H2,1-2H3,(H2,14,15,16). The van der Waals surface area contributed by atoms with Crippen molar-refractivity contribution in [3.8, 4) is 17.0 Å². The summed E-state index contributed by atoms with van der Waals surface area (Å²) in [6, 6.07) is 9.68. The van der Waals surface area contributed by atoms with Gasteiger partial charge in [-0.25, -0.2) is 9.97 Å². The van der Waals surface area contributed by atoms with Crippen molar-refractivity contribution in [3.05, 3.63) is 36.0 Å². The number of benzene rings is 1. The number of methoxy groups -OCH3 is 1. The molecule has 0 radical (unpaired) electrons. The Labute approximate surface area is 100 Å². The highest BCUT2D eigenvalue weighted by molar-refractivity contribution is 5.61. The molecule has 1 aromatic carbocycles. The van der Waals surface area contributed by atoms with E-state index in [1.807, 2.05) is 37.3 Å². The molecular formula is C13H15N3O. The quantitative estimate of drug-likeness (QED) is 0.877. The zero-order valence-electron chi connectivity index (χ0n) is 9.97. The average molecular weight is 229 g/mol. The maximum Gasteiger partial charge on any atom is 0.220 e. The summed E-state index contributed by atoms with van der Waals surface area (Å²) in [4.78, 5) is 8.39. The second kappa shape index (κ2) is 4.82. The van der Waals surface area contributed by atoms with Crippen LogP contribution >= 0.6 is 0 Å². The molecule has 0 aliphatic heterocycles. The highest BCUT2D eigenvalue weighted by Crippen LogP contribution is 2.21. The average Bonchev–Trinajstić information content (AvgIpc) is 2.38. The summed E-state index contributed by atoms with van der Waals surface area (Å²) in [6.45, 7) is 2.04. The third kappa shape index (κ3) is 2.53. The number of aromatic nitrogens is 2. The number of anilines is 1. The second-order valence-electron chi connectivity index (χ2n) is 3.68. The van der Waals surface area contributed by atoms with Gasteiger partial charge in [0.2, 0.25) is 5.95 Å². The van der Waals surface area contributed by atoms with Gasteiger partial charge in [-0.1, -0.05) is 6.92 Å². The van der Waals surface area contributed by atoms with Crippen molar-refractivity contribution in [1.82, 2.24) is 9.97 Å². The summed E-state index contributed by atoms with van der Waals surface area (Å²) in [6.07, 6.45) is 0.843. The first-order valence-electron chi connectivity index (χ1n) is 5.50. The molecule has 0 amide bonds. The van der Waals surface area contributed by atoms with E-state index in [1.54, 1.807) is 7.11 Å². The van der Waals surface area contributed by atoms with E-state index in [9.17, 15) is 0 Å². The highest BCUT2D eigenvalue weighted by Gasteiger charge is 2.04. The Balaban J connectivity index is 2.41. The van der Waals surface area contributed by atoms with Crippen molar-refractivity contribution in [1.29, 1.82) is 0 Å². The summed E-state index contributed by atoms with van der Waals surface area (Å²) in [7, 11) is 1.65. The molecular weight excluding hydrogens is 214 g/mol. The van der Waals surface area contributed by atoms with E-state index in [0.29, 0.717) is 5.95 Å². The number of hydrogen-bond donors (Lipinski definition) is 1. The van der Waals surface area contributed by atoms with Gasteiger partial charge < -0.3 is 10.5 Å². The minimum absolute atomic E-state index is 0.315. The smallest absolute Gasteiger partial charge is 0.220 e.